The van der Waals surface area contributed by atoms with Crippen LogP contribution in [0.1, 0.15) is 5.69 Å². The van der Waals surface area contributed by atoms with Crippen LogP contribution in [-0.2, 0) is 13.5 Å². The van der Waals surface area contributed by atoms with Crippen LogP contribution in [0.4, 0.5) is 11.5 Å². The van der Waals surface area contributed by atoms with Crippen molar-refractivity contribution in [2.45, 2.75) is 6.42 Å². The molecule has 2 rings (SSSR count). The third-order valence-corrected chi connectivity index (χ3v) is 2.25. The maximum atomic E-state index is 10.7. The number of aryl methyl sites for hydroxylation is 1. The van der Waals surface area contributed by atoms with Gasteiger partial charge in [-0.15, -0.1) is 5.10 Å². The quantitative estimate of drug-likeness (QED) is 0.588. The molecule has 0 fully saturated rings. The first-order chi connectivity index (χ1) is 8.16. The molecule has 17 heavy (non-hydrogen) atoms. The summed E-state index contributed by atoms with van der Waals surface area (Å²) in [5.74, 6) is 0.289. The minimum absolute atomic E-state index is 0.0166. The lowest BCUT2D eigenvalue weighted by Gasteiger charge is -2.00. The van der Waals surface area contributed by atoms with E-state index in [4.69, 9.17) is 0 Å². The average Bonchev–Trinajstić information content (AvgIpc) is 2.88. The van der Waals surface area contributed by atoms with Crippen LogP contribution in [-0.4, -0.2) is 31.2 Å². The van der Waals surface area contributed by atoms with E-state index < -0.39 is 4.92 Å². The molecule has 0 aliphatic heterocycles. The van der Waals surface area contributed by atoms with E-state index in [0.29, 0.717) is 13.0 Å². The number of H-pyrrole nitrogens is 1. The number of anilines is 1. The van der Waals surface area contributed by atoms with Crippen molar-refractivity contribution < 1.29 is 4.92 Å². The minimum atomic E-state index is -0.453. The summed E-state index contributed by atoms with van der Waals surface area (Å²) in [4.78, 5) is 17.1. The Morgan fingerprint density at radius 3 is 3.12 bits per heavy atom. The third kappa shape index (κ3) is 2.60. The summed E-state index contributed by atoms with van der Waals surface area (Å²) in [6.45, 7) is 0.556. The summed E-state index contributed by atoms with van der Waals surface area (Å²) in [6, 6.07) is 0. The normalized spacial score (nSPS) is 10.4. The molecule has 2 aromatic heterocycles. The van der Waals surface area contributed by atoms with Crippen LogP contribution >= 0.6 is 0 Å². The van der Waals surface area contributed by atoms with E-state index in [0.717, 1.165) is 5.69 Å². The summed E-state index contributed by atoms with van der Waals surface area (Å²) in [6.07, 6.45) is 5.39. The largest absolute Gasteiger partial charge is 0.362 e. The van der Waals surface area contributed by atoms with Gasteiger partial charge in [-0.3, -0.25) is 14.8 Å². The molecular weight excluding hydrogens is 224 g/mol. The van der Waals surface area contributed by atoms with E-state index in [1.54, 1.807) is 19.6 Å². The molecular formula is C9H12N6O2. The average molecular weight is 236 g/mol. The van der Waals surface area contributed by atoms with Crippen molar-refractivity contribution in [2.24, 2.45) is 7.05 Å². The van der Waals surface area contributed by atoms with Crippen LogP contribution in [0.15, 0.2) is 18.7 Å². The molecule has 2 heterocycles. The van der Waals surface area contributed by atoms with Crippen LogP contribution in [0.5, 0.6) is 0 Å². The number of aromatic amines is 1. The Morgan fingerprint density at radius 1 is 1.65 bits per heavy atom. The molecule has 90 valence electrons. The van der Waals surface area contributed by atoms with Gasteiger partial charge in [-0.25, -0.2) is 4.98 Å². The van der Waals surface area contributed by atoms with Gasteiger partial charge in [-0.2, -0.15) is 0 Å². The zero-order chi connectivity index (χ0) is 12.3. The Labute approximate surface area is 96.8 Å². The zero-order valence-corrected chi connectivity index (χ0v) is 9.25. The molecule has 0 bridgehead atoms. The summed E-state index contributed by atoms with van der Waals surface area (Å²) in [5.41, 5.74) is 0.952. The molecule has 0 spiro atoms. The molecule has 0 aliphatic rings. The van der Waals surface area contributed by atoms with Gasteiger partial charge < -0.3 is 10.3 Å². The molecule has 0 amide bonds. The third-order valence-electron chi connectivity index (χ3n) is 2.25. The van der Waals surface area contributed by atoms with E-state index in [2.05, 4.69) is 20.4 Å². The van der Waals surface area contributed by atoms with E-state index in [1.807, 2.05) is 0 Å². The van der Waals surface area contributed by atoms with E-state index >= 15 is 0 Å². The topological polar surface area (TPSA) is 102 Å². The lowest BCUT2D eigenvalue weighted by molar-refractivity contribution is -0.384. The summed E-state index contributed by atoms with van der Waals surface area (Å²) < 4.78 is 1.41. The number of aromatic nitrogens is 4. The fourth-order valence-electron chi connectivity index (χ4n) is 1.47. The maximum Gasteiger partial charge on any atom is 0.330 e. The van der Waals surface area contributed by atoms with Gasteiger partial charge in [0.05, 0.1) is 11.3 Å². The first-order valence-corrected chi connectivity index (χ1v) is 5.06. The molecule has 0 saturated carbocycles. The number of nitro groups is 1. The van der Waals surface area contributed by atoms with Gasteiger partial charge in [-0.05, 0) is 0 Å². The molecule has 0 radical (unpaired) electrons. The summed E-state index contributed by atoms with van der Waals surface area (Å²) in [7, 11) is 1.65. The fourth-order valence-corrected chi connectivity index (χ4v) is 1.47. The molecule has 0 atom stereocenters. The number of rotatable bonds is 5. The molecule has 0 aromatic carbocycles. The summed E-state index contributed by atoms with van der Waals surface area (Å²) >= 11 is 0. The molecule has 0 unspecified atom stereocenters. The van der Waals surface area contributed by atoms with Crippen LogP contribution in [0.2, 0.25) is 0 Å². The highest BCUT2D eigenvalue weighted by atomic mass is 16.6. The second-order valence-corrected chi connectivity index (χ2v) is 3.55. The van der Waals surface area contributed by atoms with Gasteiger partial charge >= 0.3 is 5.69 Å². The SMILES string of the molecule is Cn1cc([N+](=O)[O-])c(NCCc2cnc[nH]2)n1. The highest BCUT2D eigenvalue weighted by Crippen LogP contribution is 2.20. The second-order valence-electron chi connectivity index (χ2n) is 3.55. The van der Waals surface area contributed by atoms with Crippen LogP contribution in [0, 0.1) is 10.1 Å². The Hall–Kier alpha value is -2.38. The zero-order valence-electron chi connectivity index (χ0n) is 9.25. The predicted molar refractivity (Wildman–Crippen MR) is 60.6 cm³/mol. The second kappa shape index (κ2) is 4.64. The van der Waals surface area contributed by atoms with E-state index in [9.17, 15) is 10.1 Å². The van der Waals surface area contributed by atoms with Crippen molar-refractivity contribution in [3.05, 3.63) is 34.5 Å². The molecule has 8 nitrogen and oxygen atoms in total. The lowest BCUT2D eigenvalue weighted by Crippen LogP contribution is -2.07. The Balaban J connectivity index is 1.96. The Kier molecular flexibility index (Phi) is 3.03. The molecule has 8 heteroatoms. The number of nitrogens with one attached hydrogen (secondary N) is 2. The van der Waals surface area contributed by atoms with Gasteiger partial charge in [-0.1, -0.05) is 0 Å². The number of hydrogen-bond acceptors (Lipinski definition) is 5. The highest BCUT2D eigenvalue weighted by molar-refractivity contribution is 5.54. The van der Waals surface area contributed by atoms with Crippen LogP contribution in [0.3, 0.4) is 0 Å². The van der Waals surface area contributed by atoms with Crippen molar-refractivity contribution in [3.63, 3.8) is 0 Å². The van der Waals surface area contributed by atoms with Gasteiger partial charge in [0.1, 0.15) is 6.20 Å². The fraction of sp³-hybridized carbons (Fsp3) is 0.333. The van der Waals surface area contributed by atoms with Gasteiger partial charge in [0.15, 0.2) is 0 Å². The molecule has 2 N–H and O–H groups in total. The lowest BCUT2D eigenvalue weighted by atomic mass is 10.3. The predicted octanol–water partition coefficient (Wildman–Crippen LogP) is 0.706. The first-order valence-electron chi connectivity index (χ1n) is 5.06. The van der Waals surface area contributed by atoms with E-state index in [-0.39, 0.29) is 11.5 Å². The standard InChI is InChI=1S/C9H12N6O2/c1-14-5-8(15(16)17)9(13-14)11-3-2-7-4-10-6-12-7/h4-6H,2-3H2,1H3,(H,10,12)(H,11,13). The highest BCUT2D eigenvalue weighted by Gasteiger charge is 2.17. The van der Waals surface area contributed by atoms with Crippen molar-refractivity contribution in [1.29, 1.82) is 0 Å². The van der Waals surface area contributed by atoms with Crippen molar-refractivity contribution in [1.82, 2.24) is 19.7 Å². The molecule has 0 saturated heterocycles. The van der Waals surface area contributed by atoms with Gasteiger partial charge in [0.25, 0.3) is 0 Å². The van der Waals surface area contributed by atoms with Crippen LogP contribution < -0.4 is 5.32 Å². The molecule has 2 aromatic rings. The number of hydrogen-bond donors (Lipinski definition) is 2. The first kappa shape index (κ1) is 11.1. The van der Waals surface area contributed by atoms with Crippen molar-refractivity contribution in [3.8, 4) is 0 Å². The number of imidazole rings is 1. The van der Waals surface area contributed by atoms with Crippen molar-refractivity contribution >= 4 is 11.5 Å². The smallest absolute Gasteiger partial charge is 0.330 e. The summed E-state index contributed by atoms with van der Waals surface area (Å²) in [5, 5.41) is 17.6. The van der Waals surface area contributed by atoms with Gasteiger partial charge in [0, 0.05) is 31.9 Å². The Bertz CT molecular complexity index is 504. The van der Waals surface area contributed by atoms with Crippen LogP contribution in [0.25, 0.3) is 0 Å². The van der Waals surface area contributed by atoms with Crippen molar-refractivity contribution in [2.75, 3.05) is 11.9 Å². The van der Waals surface area contributed by atoms with E-state index in [1.165, 1.54) is 10.9 Å². The maximum absolute atomic E-state index is 10.7. The number of nitrogens with zero attached hydrogens (tertiary/aromatic N) is 4. The Morgan fingerprint density at radius 2 is 2.47 bits per heavy atom. The molecule has 0 aliphatic carbocycles. The minimum Gasteiger partial charge on any atom is -0.362 e. The van der Waals surface area contributed by atoms with Gasteiger partial charge in [0.2, 0.25) is 5.82 Å². The monoisotopic (exact) mass is 236 g/mol.